The molecule has 0 fully saturated rings. The normalized spacial score (nSPS) is 12.3. The lowest BCUT2D eigenvalue weighted by molar-refractivity contribution is 0.386. The van der Waals surface area contributed by atoms with Gasteiger partial charge in [0.15, 0.2) is 11.6 Å². The maximum atomic E-state index is 13.7. The first-order chi connectivity index (χ1) is 9.02. The van der Waals surface area contributed by atoms with E-state index in [2.05, 4.69) is 4.98 Å². The quantitative estimate of drug-likeness (QED) is 0.923. The largest absolute Gasteiger partial charge is 0.494 e. The fourth-order valence-corrected chi connectivity index (χ4v) is 2.08. The third-order valence-corrected chi connectivity index (χ3v) is 3.14. The Kier molecular flexibility index (Phi) is 3.81. The highest BCUT2D eigenvalue weighted by Gasteiger charge is 2.14. The van der Waals surface area contributed by atoms with Crippen molar-refractivity contribution < 1.29 is 9.13 Å². The second-order valence-corrected chi connectivity index (χ2v) is 4.50. The number of benzene rings is 1. The molecule has 2 N–H and O–H groups in total. The molecular formula is C15H17FN2O. The van der Waals surface area contributed by atoms with E-state index in [-0.39, 0.29) is 5.75 Å². The lowest BCUT2D eigenvalue weighted by Gasteiger charge is -2.15. The molecule has 0 radical (unpaired) electrons. The van der Waals surface area contributed by atoms with Gasteiger partial charge in [0, 0.05) is 11.4 Å². The molecular weight excluding hydrogens is 243 g/mol. The summed E-state index contributed by atoms with van der Waals surface area (Å²) in [7, 11) is 1.44. The van der Waals surface area contributed by atoms with Gasteiger partial charge >= 0.3 is 0 Å². The molecule has 0 saturated heterocycles. The predicted molar refractivity (Wildman–Crippen MR) is 72.7 cm³/mol. The number of rotatable bonds is 3. The van der Waals surface area contributed by atoms with E-state index in [4.69, 9.17) is 10.5 Å². The minimum Gasteiger partial charge on any atom is -0.494 e. The maximum absolute atomic E-state index is 13.7. The number of hydrogen-bond donors (Lipinski definition) is 1. The first-order valence-electron chi connectivity index (χ1n) is 6.06. The molecule has 1 heterocycles. The SMILES string of the molecule is COc1ccc(C(N)c2ccc(C)nc2C)cc1F. The van der Waals surface area contributed by atoms with Crippen LogP contribution in [-0.4, -0.2) is 12.1 Å². The van der Waals surface area contributed by atoms with E-state index in [0.717, 1.165) is 17.0 Å². The smallest absolute Gasteiger partial charge is 0.165 e. The number of methoxy groups -OCH3 is 1. The van der Waals surface area contributed by atoms with Crippen LogP contribution in [0, 0.1) is 19.7 Å². The molecule has 4 heteroatoms. The Balaban J connectivity index is 2.38. The molecule has 1 aromatic heterocycles. The van der Waals surface area contributed by atoms with Crippen LogP contribution in [0.1, 0.15) is 28.6 Å². The van der Waals surface area contributed by atoms with E-state index < -0.39 is 11.9 Å². The average Bonchev–Trinajstić information content (AvgIpc) is 2.38. The molecule has 0 spiro atoms. The molecule has 0 aliphatic heterocycles. The van der Waals surface area contributed by atoms with Crippen LogP contribution in [0.2, 0.25) is 0 Å². The van der Waals surface area contributed by atoms with E-state index >= 15 is 0 Å². The molecule has 0 aliphatic carbocycles. The Morgan fingerprint density at radius 1 is 1.21 bits per heavy atom. The van der Waals surface area contributed by atoms with E-state index in [1.54, 1.807) is 12.1 Å². The number of nitrogens with zero attached hydrogens (tertiary/aromatic N) is 1. The lowest BCUT2D eigenvalue weighted by Crippen LogP contribution is -2.14. The van der Waals surface area contributed by atoms with Crippen molar-refractivity contribution in [2.75, 3.05) is 7.11 Å². The maximum Gasteiger partial charge on any atom is 0.165 e. The van der Waals surface area contributed by atoms with Crippen molar-refractivity contribution in [3.8, 4) is 5.75 Å². The summed E-state index contributed by atoms with van der Waals surface area (Å²) in [5.41, 5.74) is 9.58. The summed E-state index contributed by atoms with van der Waals surface area (Å²) >= 11 is 0. The monoisotopic (exact) mass is 260 g/mol. The van der Waals surface area contributed by atoms with Crippen molar-refractivity contribution in [2.45, 2.75) is 19.9 Å². The van der Waals surface area contributed by atoms with E-state index in [1.807, 2.05) is 26.0 Å². The zero-order chi connectivity index (χ0) is 14.0. The molecule has 0 bridgehead atoms. The Bertz CT molecular complexity index is 599. The molecule has 1 atom stereocenters. The number of halogens is 1. The summed E-state index contributed by atoms with van der Waals surface area (Å²) in [5, 5.41) is 0. The number of pyridine rings is 1. The van der Waals surface area contributed by atoms with Crippen LogP contribution in [0.25, 0.3) is 0 Å². The van der Waals surface area contributed by atoms with Gasteiger partial charge in [-0.15, -0.1) is 0 Å². The van der Waals surface area contributed by atoms with Crippen molar-refractivity contribution in [3.63, 3.8) is 0 Å². The van der Waals surface area contributed by atoms with Crippen LogP contribution < -0.4 is 10.5 Å². The number of ether oxygens (including phenoxy) is 1. The number of hydrogen-bond acceptors (Lipinski definition) is 3. The number of nitrogens with two attached hydrogens (primary N) is 1. The zero-order valence-electron chi connectivity index (χ0n) is 11.3. The highest BCUT2D eigenvalue weighted by molar-refractivity contribution is 5.37. The molecule has 1 unspecified atom stereocenters. The van der Waals surface area contributed by atoms with Gasteiger partial charge < -0.3 is 10.5 Å². The fourth-order valence-electron chi connectivity index (χ4n) is 2.08. The minimum absolute atomic E-state index is 0.217. The Morgan fingerprint density at radius 2 is 1.95 bits per heavy atom. The van der Waals surface area contributed by atoms with Crippen LogP contribution in [0.15, 0.2) is 30.3 Å². The Hall–Kier alpha value is -1.94. The summed E-state index contributed by atoms with van der Waals surface area (Å²) in [5.74, 6) is -0.192. The van der Waals surface area contributed by atoms with Crippen LogP contribution in [0.3, 0.4) is 0 Å². The van der Waals surface area contributed by atoms with E-state index in [0.29, 0.717) is 5.56 Å². The Labute approximate surface area is 112 Å². The molecule has 0 aliphatic rings. The predicted octanol–water partition coefficient (Wildman–Crippen LogP) is 2.89. The van der Waals surface area contributed by atoms with Crippen molar-refractivity contribution in [3.05, 3.63) is 58.7 Å². The first-order valence-corrected chi connectivity index (χ1v) is 6.06. The van der Waals surface area contributed by atoms with Crippen LogP contribution in [0.4, 0.5) is 4.39 Å². The van der Waals surface area contributed by atoms with E-state index in [1.165, 1.54) is 13.2 Å². The van der Waals surface area contributed by atoms with Gasteiger partial charge in [-0.05, 0) is 43.2 Å². The summed E-state index contributed by atoms with van der Waals surface area (Å²) in [6, 6.07) is 8.20. The first kappa shape index (κ1) is 13.5. The highest BCUT2D eigenvalue weighted by atomic mass is 19.1. The second kappa shape index (κ2) is 5.36. The molecule has 2 rings (SSSR count). The molecule has 19 heavy (non-hydrogen) atoms. The van der Waals surface area contributed by atoms with Gasteiger partial charge in [-0.25, -0.2) is 4.39 Å². The zero-order valence-corrected chi connectivity index (χ0v) is 11.3. The van der Waals surface area contributed by atoms with Crippen LogP contribution >= 0.6 is 0 Å². The van der Waals surface area contributed by atoms with Crippen molar-refractivity contribution >= 4 is 0 Å². The number of aryl methyl sites for hydroxylation is 2. The third kappa shape index (κ3) is 2.74. The average molecular weight is 260 g/mol. The standard InChI is InChI=1S/C15H17FN2O/c1-9-4-6-12(10(2)18-9)15(17)11-5-7-14(19-3)13(16)8-11/h4-8,15H,17H2,1-3H3. The summed E-state index contributed by atoms with van der Waals surface area (Å²) in [6.07, 6.45) is 0. The third-order valence-electron chi connectivity index (χ3n) is 3.14. The summed E-state index contributed by atoms with van der Waals surface area (Å²) < 4.78 is 18.6. The van der Waals surface area contributed by atoms with Gasteiger partial charge in [0.25, 0.3) is 0 Å². The van der Waals surface area contributed by atoms with E-state index in [9.17, 15) is 4.39 Å². The molecule has 3 nitrogen and oxygen atoms in total. The second-order valence-electron chi connectivity index (χ2n) is 4.50. The molecule has 0 amide bonds. The topological polar surface area (TPSA) is 48.1 Å². The minimum atomic E-state index is -0.409. The molecule has 1 aromatic carbocycles. The number of aromatic nitrogens is 1. The fraction of sp³-hybridized carbons (Fsp3) is 0.267. The van der Waals surface area contributed by atoms with Gasteiger partial charge in [-0.2, -0.15) is 0 Å². The van der Waals surface area contributed by atoms with Crippen LogP contribution in [0.5, 0.6) is 5.75 Å². The van der Waals surface area contributed by atoms with Gasteiger partial charge in [-0.1, -0.05) is 12.1 Å². The summed E-state index contributed by atoms with van der Waals surface area (Å²) in [4.78, 5) is 4.38. The van der Waals surface area contributed by atoms with Crippen molar-refractivity contribution in [1.82, 2.24) is 4.98 Å². The highest BCUT2D eigenvalue weighted by Crippen LogP contribution is 2.26. The van der Waals surface area contributed by atoms with Gasteiger partial charge in [-0.3, -0.25) is 4.98 Å². The molecule has 0 saturated carbocycles. The van der Waals surface area contributed by atoms with Gasteiger partial charge in [0.1, 0.15) is 0 Å². The summed E-state index contributed by atoms with van der Waals surface area (Å²) in [6.45, 7) is 3.83. The molecule has 100 valence electrons. The van der Waals surface area contributed by atoms with Crippen LogP contribution in [-0.2, 0) is 0 Å². The lowest BCUT2D eigenvalue weighted by atomic mass is 9.98. The van der Waals surface area contributed by atoms with Gasteiger partial charge in [0.2, 0.25) is 0 Å². The van der Waals surface area contributed by atoms with Gasteiger partial charge in [0.05, 0.1) is 13.2 Å². The Morgan fingerprint density at radius 3 is 2.53 bits per heavy atom. The molecule has 2 aromatic rings. The van der Waals surface area contributed by atoms with Crippen molar-refractivity contribution in [1.29, 1.82) is 0 Å². The van der Waals surface area contributed by atoms with Crippen molar-refractivity contribution in [2.24, 2.45) is 5.73 Å².